The molecule has 34 heavy (non-hydrogen) atoms. The van der Waals surface area contributed by atoms with Gasteiger partial charge in [0.15, 0.2) is 0 Å². The third kappa shape index (κ3) is 13.4. The lowest BCUT2D eigenvalue weighted by Crippen LogP contribution is -2.24. The Kier molecular flexibility index (Phi) is 14.6. The standard InChI is InChI=1S/C28H60O2P4/c1-25(2,3)31-17-13-29-14-19-33(27(7,8)9)23-24-34(28(10,11)12)20-16-30-15-18-32(22-21-31)26(4,5)6/h13-24H2,1-12H3. The molecule has 1 fully saturated rings. The van der Waals surface area contributed by atoms with Crippen LogP contribution in [0, 0.1) is 0 Å². The summed E-state index contributed by atoms with van der Waals surface area (Å²) < 4.78 is 12.7. The molecule has 1 aliphatic heterocycles. The number of rotatable bonds is 0. The van der Waals surface area contributed by atoms with Gasteiger partial charge in [-0.2, -0.15) is 0 Å². The number of hydrogen-bond acceptors (Lipinski definition) is 2. The van der Waals surface area contributed by atoms with Crippen LogP contribution in [0.3, 0.4) is 0 Å². The maximum absolute atomic E-state index is 6.34. The van der Waals surface area contributed by atoms with E-state index >= 15 is 0 Å². The maximum atomic E-state index is 6.34. The van der Waals surface area contributed by atoms with Crippen LogP contribution in [-0.2, 0) is 9.47 Å². The Morgan fingerprint density at radius 1 is 0.324 bits per heavy atom. The van der Waals surface area contributed by atoms with Crippen LogP contribution in [0.5, 0.6) is 0 Å². The molecule has 0 aromatic rings. The highest BCUT2D eigenvalue weighted by molar-refractivity contribution is 7.64. The lowest BCUT2D eigenvalue weighted by Gasteiger charge is -2.38. The molecule has 0 radical (unpaired) electrons. The fourth-order valence-electron chi connectivity index (χ4n) is 4.52. The molecule has 1 rings (SSSR count). The monoisotopic (exact) mass is 552 g/mol. The Labute approximate surface area is 220 Å². The van der Waals surface area contributed by atoms with Gasteiger partial charge in [0.25, 0.3) is 0 Å². The first kappa shape index (κ1) is 33.7. The summed E-state index contributed by atoms with van der Waals surface area (Å²) in [6.07, 6.45) is 10.7. The fourth-order valence-corrected chi connectivity index (χ4v) is 16.0. The van der Waals surface area contributed by atoms with Crippen molar-refractivity contribution in [3.63, 3.8) is 0 Å². The first-order valence-electron chi connectivity index (χ1n) is 13.6. The van der Waals surface area contributed by atoms with Crippen LogP contribution < -0.4 is 0 Å². The van der Waals surface area contributed by atoms with E-state index in [2.05, 4.69) is 83.1 Å². The molecule has 0 saturated carbocycles. The van der Waals surface area contributed by atoms with Gasteiger partial charge in [-0.05, 0) is 69.9 Å². The van der Waals surface area contributed by atoms with Gasteiger partial charge in [0, 0.05) is 0 Å². The second-order valence-electron chi connectivity index (χ2n) is 13.9. The lowest BCUT2D eigenvalue weighted by atomic mass is 10.3. The van der Waals surface area contributed by atoms with E-state index in [0.717, 1.165) is 26.4 Å². The fraction of sp³-hybridized carbons (Fsp3) is 1.00. The van der Waals surface area contributed by atoms with Gasteiger partial charge >= 0.3 is 0 Å². The number of hydrogen-bond donors (Lipinski definition) is 0. The van der Waals surface area contributed by atoms with Crippen LogP contribution >= 0.6 is 31.7 Å². The normalized spacial score (nSPS) is 29.3. The Bertz CT molecular complexity index is 457. The summed E-state index contributed by atoms with van der Waals surface area (Å²) in [6.45, 7) is 33.3. The Hall–Kier alpha value is 1.64. The molecule has 0 bridgehead atoms. The van der Waals surface area contributed by atoms with Gasteiger partial charge in [0.1, 0.15) is 0 Å². The summed E-state index contributed by atoms with van der Waals surface area (Å²) in [7, 11) is -0.0434. The predicted molar refractivity (Wildman–Crippen MR) is 167 cm³/mol. The van der Waals surface area contributed by atoms with Crippen LogP contribution in [0.15, 0.2) is 0 Å². The van der Waals surface area contributed by atoms with E-state index in [9.17, 15) is 0 Å². The van der Waals surface area contributed by atoms with Crippen LogP contribution in [0.4, 0.5) is 0 Å². The van der Waals surface area contributed by atoms with E-state index in [1.165, 1.54) is 49.3 Å². The van der Waals surface area contributed by atoms with Gasteiger partial charge in [-0.15, -0.1) is 0 Å². The van der Waals surface area contributed by atoms with Gasteiger partial charge in [0.2, 0.25) is 0 Å². The minimum atomic E-state index is -0.0108. The van der Waals surface area contributed by atoms with Gasteiger partial charge in [-0.25, -0.2) is 0 Å². The average molecular weight is 553 g/mol. The summed E-state index contributed by atoms with van der Waals surface area (Å²) in [6, 6.07) is 0. The lowest BCUT2D eigenvalue weighted by molar-refractivity contribution is 0.165. The van der Waals surface area contributed by atoms with Gasteiger partial charge in [-0.1, -0.05) is 115 Å². The van der Waals surface area contributed by atoms with Gasteiger partial charge in [-0.3, -0.25) is 0 Å². The Morgan fingerprint density at radius 2 is 0.500 bits per heavy atom. The van der Waals surface area contributed by atoms with Crippen molar-refractivity contribution in [2.45, 2.75) is 104 Å². The minimum Gasteiger partial charge on any atom is -0.381 e. The molecule has 0 N–H and O–H groups in total. The van der Waals surface area contributed by atoms with Crippen molar-refractivity contribution in [2.75, 3.05) is 75.7 Å². The average Bonchev–Trinajstić information content (AvgIpc) is 2.63. The second-order valence-corrected chi connectivity index (χ2v) is 27.1. The molecule has 4 unspecified atom stereocenters. The molecule has 0 amide bonds. The summed E-state index contributed by atoms with van der Waals surface area (Å²) in [5, 5.41) is 1.66. The van der Waals surface area contributed by atoms with Crippen molar-refractivity contribution in [2.24, 2.45) is 0 Å². The van der Waals surface area contributed by atoms with Crippen molar-refractivity contribution in [3.05, 3.63) is 0 Å². The van der Waals surface area contributed by atoms with Gasteiger partial charge in [0.05, 0.1) is 26.4 Å². The van der Waals surface area contributed by atoms with Crippen LogP contribution in [0.1, 0.15) is 83.1 Å². The third-order valence-corrected chi connectivity index (χ3v) is 21.3. The molecule has 0 aromatic carbocycles. The van der Waals surface area contributed by atoms with Crippen molar-refractivity contribution in [3.8, 4) is 0 Å². The molecule has 0 aromatic heterocycles. The minimum absolute atomic E-state index is 0.0108. The quantitative estimate of drug-likeness (QED) is 0.279. The Balaban J connectivity index is 2.96. The summed E-state index contributed by atoms with van der Waals surface area (Å²) in [4.78, 5) is 0. The SMILES string of the molecule is CC(C)(C)P1CCOCCP(C(C)(C)C)CCP(C(C)(C)C)CCOCCP(C(C)(C)C)CC1. The van der Waals surface area contributed by atoms with Crippen molar-refractivity contribution < 1.29 is 9.47 Å². The zero-order chi connectivity index (χ0) is 26.2. The van der Waals surface area contributed by atoms with Crippen LogP contribution in [0.2, 0.25) is 0 Å². The molecule has 6 heteroatoms. The molecule has 204 valence electrons. The number of ether oxygens (including phenoxy) is 2. The van der Waals surface area contributed by atoms with E-state index in [0.29, 0.717) is 20.6 Å². The zero-order valence-electron chi connectivity index (χ0n) is 25.1. The molecule has 1 aliphatic rings. The maximum Gasteiger partial charge on any atom is 0.0505 e. The summed E-state index contributed by atoms with van der Waals surface area (Å²) >= 11 is 0. The first-order chi connectivity index (χ1) is 15.4. The van der Waals surface area contributed by atoms with E-state index in [-0.39, 0.29) is 31.7 Å². The smallest absolute Gasteiger partial charge is 0.0505 e. The molecular formula is C28H60O2P4. The summed E-state index contributed by atoms with van der Waals surface area (Å²) in [5.41, 5.74) is 0. The predicted octanol–water partition coefficient (Wildman–Crippen LogP) is 9.15. The van der Waals surface area contributed by atoms with E-state index in [1.807, 2.05) is 0 Å². The third-order valence-electron chi connectivity index (χ3n) is 7.10. The van der Waals surface area contributed by atoms with Crippen LogP contribution in [0.25, 0.3) is 0 Å². The Morgan fingerprint density at radius 3 is 0.647 bits per heavy atom. The van der Waals surface area contributed by atoms with Crippen molar-refractivity contribution >= 4 is 31.7 Å². The molecule has 0 spiro atoms. The molecular weight excluding hydrogens is 492 g/mol. The first-order valence-corrected chi connectivity index (χ1v) is 20.4. The zero-order valence-corrected chi connectivity index (χ0v) is 28.7. The topological polar surface area (TPSA) is 18.5 Å². The summed E-state index contributed by atoms with van der Waals surface area (Å²) in [5.74, 6) is 0. The highest BCUT2D eigenvalue weighted by Crippen LogP contribution is 2.57. The molecule has 1 saturated heterocycles. The molecule has 1 heterocycles. The van der Waals surface area contributed by atoms with Crippen molar-refractivity contribution in [1.82, 2.24) is 0 Å². The second kappa shape index (κ2) is 14.7. The van der Waals surface area contributed by atoms with E-state index in [1.54, 1.807) is 0 Å². The molecule has 2 nitrogen and oxygen atoms in total. The van der Waals surface area contributed by atoms with E-state index < -0.39 is 0 Å². The molecule has 4 atom stereocenters. The highest BCUT2D eigenvalue weighted by atomic mass is 31.1. The molecule has 0 aliphatic carbocycles. The largest absolute Gasteiger partial charge is 0.381 e. The highest BCUT2D eigenvalue weighted by Gasteiger charge is 2.30. The van der Waals surface area contributed by atoms with Crippen molar-refractivity contribution in [1.29, 1.82) is 0 Å². The van der Waals surface area contributed by atoms with Crippen LogP contribution in [-0.4, -0.2) is 96.3 Å². The van der Waals surface area contributed by atoms with E-state index in [4.69, 9.17) is 9.47 Å². The van der Waals surface area contributed by atoms with Gasteiger partial charge < -0.3 is 9.47 Å².